The Balaban J connectivity index is 1.46. The molecule has 0 amide bonds. The lowest BCUT2D eigenvalue weighted by Gasteiger charge is -2.39. The number of benzene rings is 2. The molecule has 6 rings (SSSR count). The van der Waals surface area contributed by atoms with E-state index in [0.29, 0.717) is 62.1 Å². The summed E-state index contributed by atoms with van der Waals surface area (Å²) < 4.78 is 10.3. The Morgan fingerprint density at radius 1 is 0.840 bits per heavy atom. The Bertz CT molecular complexity index is 2230. The first-order valence-electron chi connectivity index (χ1n) is 16.7. The molecule has 0 saturated carbocycles. The predicted octanol–water partition coefficient (Wildman–Crippen LogP) is -1.19. The quantitative estimate of drug-likeness (QED) is 0.0933. The number of nitrogens with zero attached hydrogens (tertiary/aromatic N) is 7. The third kappa shape index (κ3) is 6.30. The molecule has 1 aliphatic rings. The van der Waals surface area contributed by atoms with E-state index in [1.165, 1.54) is 10.9 Å². The van der Waals surface area contributed by atoms with E-state index in [-0.39, 0.29) is 17.7 Å². The zero-order valence-corrected chi connectivity index (χ0v) is 28.9. The van der Waals surface area contributed by atoms with Crippen molar-refractivity contribution in [1.29, 1.82) is 0 Å². The maximum atomic E-state index is 14.0. The zero-order valence-electron chi connectivity index (χ0n) is 28.9. The fourth-order valence-electron chi connectivity index (χ4n) is 6.97. The van der Waals surface area contributed by atoms with Crippen LogP contribution in [0, 0.1) is 0 Å². The van der Waals surface area contributed by atoms with Crippen LogP contribution in [0.1, 0.15) is 24.8 Å². The van der Waals surface area contributed by atoms with E-state index in [1.54, 1.807) is 21.3 Å². The monoisotopic (exact) mass is 690 g/mol. The Hall–Kier alpha value is -4.22. The molecular weight excluding hydrogens is 644 g/mol. The van der Waals surface area contributed by atoms with Crippen molar-refractivity contribution in [3.8, 4) is 0 Å². The Morgan fingerprint density at radius 2 is 1.44 bits per heavy atom. The van der Waals surface area contributed by atoms with Gasteiger partial charge in [0, 0.05) is 61.8 Å². The largest absolute Gasteiger partial charge is 0.394 e. The number of hydrogen-bond donors (Lipinski definition) is 5. The van der Waals surface area contributed by atoms with Gasteiger partial charge in [0.25, 0.3) is 11.1 Å². The second kappa shape index (κ2) is 14.2. The average Bonchev–Trinajstić information content (AvgIpc) is 3.55. The van der Waals surface area contributed by atoms with Crippen molar-refractivity contribution in [1.82, 2.24) is 33.9 Å². The second-order valence-corrected chi connectivity index (χ2v) is 13.6. The third-order valence-electron chi connectivity index (χ3n) is 9.60. The molecule has 268 valence electrons. The third-order valence-corrected chi connectivity index (χ3v) is 9.60. The molecule has 0 spiro atoms. The molecular formula is C35H46N8O7. The number of anilines is 1. The number of aliphatic hydroxyl groups excluding tert-OH is 4. The molecule has 2 aromatic carbocycles. The summed E-state index contributed by atoms with van der Waals surface area (Å²) in [6.45, 7) is 10.8. The van der Waals surface area contributed by atoms with Gasteiger partial charge in [-0.1, -0.05) is 18.4 Å². The number of pyridine rings is 2. The first kappa shape index (κ1) is 35.6. The molecule has 5 N–H and O–H groups in total. The number of nitrogens with one attached hydrogen (secondary N) is 1. The van der Waals surface area contributed by atoms with Gasteiger partial charge in [-0.2, -0.15) is 0 Å². The molecule has 1 aliphatic heterocycles. The summed E-state index contributed by atoms with van der Waals surface area (Å²) in [6, 6.07) is 5.42. The van der Waals surface area contributed by atoms with Crippen LogP contribution in [0.3, 0.4) is 0 Å². The molecule has 3 aromatic heterocycles. The van der Waals surface area contributed by atoms with E-state index in [1.807, 2.05) is 34.3 Å². The van der Waals surface area contributed by atoms with Crippen molar-refractivity contribution in [3.05, 3.63) is 61.5 Å². The van der Waals surface area contributed by atoms with Crippen molar-refractivity contribution < 1.29 is 25.2 Å². The maximum Gasteiger partial charge on any atom is 0.258 e. The number of ether oxygens (including phenoxy) is 1. The Labute approximate surface area is 287 Å². The number of aromatic nitrogens is 5. The van der Waals surface area contributed by atoms with Gasteiger partial charge in [0.05, 0.1) is 19.3 Å². The van der Waals surface area contributed by atoms with Crippen LogP contribution in [0.25, 0.3) is 45.5 Å². The highest BCUT2D eigenvalue weighted by Crippen LogP contribution is 2.34. The highest BCUT2D eigenvalue weighted by molar-refractivity contribution is 6.25. The summed E-state index contributed by atoms with van der Waals surface area (Å²) in [5.41, 5.74) is 0.782. The van der Waals surface area contributed by atoms with Gasteiger partial charge >= 0.3 is 0 Å². The van der Waals surface area contributed by atoms with Crippen LogP contribution in [0.4, 0.5) is 5.69 Å². The maximum absolute atomic E-state index is 14.0. The van der Waals surface area contributed by atoms with Crippen LogP contribution in [-0.2, 0) is 24.4 Å². The van der Waals surface area contributed by atoms with Gasteiger partial charge < -0.3 is 49.4 Å². The molecule has 50 heavy (non-hydrogen) atoms. The molecule has 1 fully saturated rings. The first-order chi connectivity index (χ1) is 23.8. The van der Waals surface area contributed by atoms with Gasteiger partial charge in [0.15, 0.2) is 6.23 Å². The number of aliphatic hydroxyl groups is 4. The highest BCUT2D eigenvalue weighted by Gasteiger charge is 2.44. The van der Waals surface area contributed by atoms with E-state index in [4.69, 9.17) is 4.74 Å². The standard InChI is InChI=1S/C35H46N8O7/c1-19-24-15-25(36-16-21-17-43(38-37-21)35-32(47)31(46)30(45)26(18-44)50-35)27-20(2)42(14-8-12-40(5)6)34(49)23-10-9-22(28(24)29(23)27)33(48)41(19)13-7-11-39(3)4/h9-10,15,17,26,30-32,35-36,44-47H,1-2,7-8,11-14,16,18H2,3-6H3/t26?,30-,31?,32?,35-/m1/s1. The zero-order chi connectivity index (χ0) is 36.0. The molecule has 15 heteroatoms. The summed E-state index contributed by atoms with van der Waals surface area (Å²) in [6.07, 6.45) is -3.85. The molecule has 0 radical (unpaired) electrons. The first-order valence-corrected chi connectivity index (χ1v) is 16.7. The number of hydrogen-bond acceptors (Lipinski definition) is 12. The lowest BCUT2D eigenvalue weighted by molar-refractivity contribution is -0.254. The summed E-state index contributed by atoms with van der Waals surface area (Å²) >= 11 is 0. The minimum Gasteiger partial charge on any atom is -0.394 e. The van der Waals surface area contributed by atoms with E-state index >= 15 is 0 Å². The summed E-state index contributed by atoms with van der Waals surface area (Å²) in [4.78, 5) is 32.0. The molecule has 15 nitrogen and oxygen atoms in total. The van der Waals surface area contributed by atoms with Crippen LogP contribution in [-0.4, -0.2) is 127 Å². The molecule has 4 heterocycles. The van der Waals surface area contributed by atoms with E-state index < -0.39 is 37.3 Å². The summed E-state index contributed by atoms with van der Waals surface area (Å²) in [5.74, 6) is 0. The van der Waals surface area contributed by atoms with Crippen molar-refractivity contribution in [2.45, 2.75) is 63.1 Å². The van der Waals surface area contributed by atoms with E-state index in [9.17, 15) is 30.0 Å². The van der Waals surface area contributed by atoms with Crippen LogP contribution in [0.2, 0.25) is 0 Å². The van der Waals surface area contributed by atoms with Crippen LogP contribution >= 0.6 is 0 Å². The highest BCUT2D eigenvalue weighted by atomic mass is 16.6. The smallest absolute Gasteiger partial charge is 0.258 e. The normalized spacial score (nSPS) is 21.4. The molecule has 0 bridgehead atoms. The van der Waals surface area contributed by atoms with Gasteiger partial charge in [-0.05, 0) is 72.3 Å². The van der Waals surface area contributed by atoms with Gasteiger partial charge in [0.2, 0.25) is 0 Å². The van der Waals surface area contributed by atoms with Crippen LogP contribution < -0.4 is 27.1 Å². The molecule has 0 aliphatic carbocycles. The predicted molar refractivity (Wildman–Crippen MR) is 192 cm³/mol. The SMILES string of the molecule is C=c1c2cc(NCc3cn([C@@H]4OC(CO)[C@@H](O)C(O)C4O)nn3)c3c(=C)n(CCCN(C)C)c(=O)c4ccc(c(=O)n1CCCN(C)C)c2c43. The van der Waals surface area contributed by atoms with Crippen LogP contribution in [0.15, 0.2) is 34.0 Å². The number of rotatable bonds is 13. The van der Waals surface area contributed by atoms with Crippen molar-refractivity contribution in [2.75, 3.05) is 53.2 Å². The van der Waals surface area contributed by atoms with Crippen molar-refractivity contribution in [2.24, 2.45) is 0 Å². The van der Waals surface area contributed by atoms with Gasteiger partial charge in [-0.25, -0.2) is 4.68 Å². The van der Waals surface area contributed by atoms with Gasteiger partial charge in [-0.15, -0.1) is 5.10 Å². The fraction of sp³-hybridized carbons (Fsp3) is 0.486. The molecule has 5 atom stereocenters. The van der Waals surface area contributed by atoms with Gasteiger partial charge in [-0.3, -0.25) is 9.59 Å². The summed E-state index contributed by atoms with van der Waals surface area (Å²) in [7, 11) is 7.93. The Morgan fingerprint density at radius 3 is 2.04 bits per heavy atom. The lowest BCUT2D eigenvalue weighted by atomic mass is 9.94. The molecule has 5 aromatic rings. The molecule has 1 saturated heterocycles. The minimum absolute atomic E-state index is 0.157. The molecule has 3 unspecified atom stereocenters. The Kier molecular flexibility index (Phi) is 10.1. The average molecular weight is 691 g/mol. The van der Waals surface area contributed by atoms with E-state index in [2.05, 4.69) is 38.6 Å². The van der Waals surface area contributed by atoms with Crippen molar-refractivity contribution in [3.63, 3.8) is 0 Å². The van der Waals surface area contributed by atoms with E-state index in [0.717, 1.165) is 31.3 Å². The minimum atomic E-state index is -1.56. The van der Waals surface area contributed by atoms with Gasteiger partial charge in [0.1, 0.15) is 30.1 Å². The van der Waals surface area contributed by atoms with Crippen LogP contribution in [0.5, 0.6) is 0 Å². The second-order valence-electron chi connectivity index (χ2n) is 13.6. The lowest BCUT2D eigenvalue weighted by Crippen LogP contribution is -2.56. The topological polar surface area (TPSA) is 183 Å². The van der Waals surface area contributed by atoms with Crippen molar-refractivity contribution >= 4 is 51.2 Å². The summed E-state index contributed by atoms with van der Waals surface area (Å²) in [5, 5.41) is 57.2. The fourth-order valence-corrected chi connectivity index (χ4v) is 6.97.